The Hall–Kier alpha value is -0.770. The standard InChI is InChI=1S/C16H31N3O/c1-2-20-15(14-8-3-4-9-14)10-11-18-16(17)19-12-13-6-5-7-13/h13-15H,2-12H2,1H3,(H3,17,18,19). The van der Waals surface area contributed by atoms with Gasteiger partial charge in [0.25, 0.3) is 0 Å². The van der Waals surface area contributed by atoms with Crippen molar-refractivity contribution < 1.29 is 4.74 Å². The largest absolute Gasteiger partial charge is 0.378 e. The van der Waals surface area contributed by atoms with E-state index in [1.54, 1.807) is 0 Å². The second kappa shape index (κ2) is 8.50. The molecule has 2 fully saturated rings. The van der Waals surface area contributed by atoms with Gasteiger partial charge in [-0.2, -0.15) is 0 Å². The lowest BCUT2D eigenvalue weighted by molar-refractivity contribution is 0.0170. The van der Waals surface area contributed by atoms with Crippen LogP contribution in [0.3, 0.4) is 0 Å². The third-order valence-electron chi connectivity index (χ3n) is 4.79. The Balaban J connectivity index is 1.63. The quantitative estimate of drug-likeness (QED) is 0.531. The maximum atomic E-state index is 5.91. The lowest BCUT2D eigenvalue weighted by Crippen LogP contribution is -2.36. The molecule has 1 atom stereocenters. The van der Waals surface area contributed by atoms with Crippen molar-refractivity contribution in [1.82, 2.24) is 5.32 Å². The van der Waals surface area contributed by atoms with Gasteiger partial charge in [-0.05, 0) is 50.9 Å². The Labute approximate surface area is 123 Å². The van der Waals surface area contributed by atoms with E-state index in [0.29, 0.717) is 12.1 Å². The summed E-state index contributed by atoms with van der Waals surface area (Å²) < 4.78 is 5.91. The van der Waals surface area contributed by atoms with Crippen LogP contribution in [-0.2, 0) is 4.74 Å². The topological polar surface area (TPSA) is 59.6 Å². The van der Waals surface area contributed by atoms with E-state index in [1.807, 2.05) is 0 Å². The number of hydrogen-bond acceptors (Lipinski definition) is 2. The van der Waals surface area contributed by atoms with Gasteiger partial charge in [-0.25, -0.2) is 0 Å². The number of guanidine groups is 1. The Morgan fingerprint density at radius 3 is 2.60 bits per heavy atom. The molecule has 3 N–H and O–H groups in total. The number of rotatable bonds is 8. The second-order valence-electron chi connectivity index (χ2n) is 6.28. The highest BCUT2D eigenvalue weighted by Gasteiger charge is 2.25. The third kappa shape index (κ3) is 4.97. The Kier molecular flexibility index (Phi) is 6.64. The van der Waals surface area contributed by atoms with E-state index >= 15 is 0 Å². The number of ether oxygens (including phenoxy) is 1. The van der Waals surface area contributed by atoms with Crippen LogP contribution in [0.1, 0.15) is 58.3 Å². The van der Waals surface area contributed by atoms with E-state index in [2.05, 4.69) is 17.2 Å². The first-order valence-corrected chi connectivity index (χ1v) is 8.45. The molecule has 0 aliphatic heterocycles. The molecule has 0 spiro atoms. The van der Waals surface area contributed by atoms with Crippen LogP contribution in [0.2, 0.25) is 0 Å². The molecule has 0 amide bonds. The van der Waals surface area contributed by atoms with Crippen molar-refractivity contribution in [3.63, 3.8) is 0 Å². The average Bonchev–Trinajstić information content (AvgIpc) is 2.89. The Bertz CT molecular complexity index is 296. The van der Waals surface area contributed by atoms with E-state index in [-0.39, 0.29) is 0 Å². The number of hydrogen-bond donors (Lipinski definition) is 2. The highest BCUT2D eigenvalue weighted by Crippen LogP contribution is 2.30. The first-order valence-electron chi connectivity index (χ1n) is 8.45. The smallest absolute Gasteiger partial charge is 0.188 e. The van der Waals surface area contributed by atoms with E-state index in [4.69, 9.17) is 10.5 Å². The van der Waals surface area contributed by atoms with Crippen molar-refractivity contribution in [2.45, 2.75) is 64.4 Å². The lowest BCUT2D eigenvalue weighted by atomic mass is 9.86. The maximum absolute atomic E-state index is 5.91. The summed E-state index contributed by atoms with van der Waals surface area (Å²) >= 11 is 0. The van der Waals surface area contributed by atoms with Crippen molar-refractivity contribution in [3.05, 3.63) is 0 Å². The monoisotopic (exact) mass is 281 g/mol. The molecular formula is C16H31N3O. The summed E-state index contributed by atoms with van der Waals surface area (Å²) in [6.07, 6.45) is 10.8. The van der Waals surface area contributed by atoms with Gasteiger partial charge in [0.1, 0.15) is 0 Å². The molecule has 4 heteroatoms. The summed E-state index contributed by atoms with van der Waals surface area (Å²) in [4.78, 5) is 4.43. The lowest BCUT2D eigenvalue weighted by Gasteiger charge is -2.24. The molecule has 0 aromatic rings. The minimum absolute atomic E-state index is 0.398. The number of nitrogens with zero attached hydrogens (tertiary/aromatic N) is 1. The van der Waals surface area contributed by atoms with E-state index in [0.717, 1.165) is 38.0 Å². The summed E-state index contributed by atoms with van der Waals surface area (Å²) in [5, 5.41) is 3.25. The summed E-state index contributed by atoms with van der Waals surface area (Å²) in [6.45, 7) is 4.67. The summed E-state index contributed by atoms with van der Waals surface area (Å²) in [5.74, 6) is 2.15. The molecule has 0 saturated heterocycles. The molecule has 2 aliphatic rings. The molecule has 0 aromatic carbocycles. The summed E-state index contributed by atoms with van der Waals surface area (Å²) in [6, 6.07) is 0. The molecule has 20 heavy (non-hydrogen) atoms. The Morgan fingerprint density at radius 2 is 2.00 bits per heavy atom. The fourth-order valence-corrected chi connectivity index (χ4v) is 3.30. The molecule has 0 bridgehead atoms. The second-order valence-corrected chi connectivity index (χ2v) is 6.28. The number of nitrogens with two attached hydrogens (primary N) is 1. The van der Waals surface area contributed by atoms with Gasteiger partial charge in [-0.3, -0.25) is 4.99 Å². The van der Waals surface area contributed by atoms with Gasteiger partial charge in [-0.15, -0.1) is 0 Å². The summed E-state index contributed by atoms with van der Waals surface area (Å²) in [5.41, 5.74) is 5.91. The molecule has 0 heterocycles. The zero-order chi connectivity index (χ0) is 14.2. The fourth-order valence-electron chi connectivity index (χ4n) is 3.30. The van der Waals surface area contributed by atoms with Crippen LogP contribution in [0, 0.1) is 11.8 Å². The molecular weight excluding hydrogens is 250 g/mol. The zero-order valence-corrected chi connectivity index (χ0v) is 12.9. The zero-order valence-electron chi connectivity index (χ0n) is 12.9. The maximum Gasteiger partial charge on any atom is 0.188 e. The van der Waals surface area contributed by atoms with Crippen LogP contribution in [0.25, 0.3) is 0 Å². The number of nitrogens with one attached hydrogen (secondary N) is 1. The number of aliphatic imine (C=N–C) groups is 1. The minimum atomic E-state index is 0.398. The van der Waals surface area contributed by atoms with Crippen LogP contribution in [0.5, 0.6) is 0 Å². The molecule has 0 aromatic heterocycles. The highest BCUT2D eigenvalue weighted by molar-refractivity contribution is 5.77. The average molecular weight is 281 g/mol. The third-order valence-corrected chi connectivity index (χ3v) is 4.79. The first-order chi connectivity index (χ1) is 9.79. The SMILES string of the molecule is CCOC(CCNC(N)=NCC1CCC1)C1CCCC1. The van der Waals surface area contributed by atoms with E-state index in [1.165, 1.54) is 44.9 Å². The highest BCUT2D eigenvalue weighted by atomic mass is 16.5. The summed E-state index contributed by atoms with van der Waals surface area (Å²) in [7, 11) is 0. The van der Waals surface area contributed by atoms with Crippen molar-refractivity contribution in [2.75, 3.05) is 19.7 Å². The van der Waals surface area contributed by atoms with Gasteiger partial charge in [0.15, 0.2) is 5.96 Å². The van der Waals surface area contributed by atoms with Crippen LogP contribution < -0.4 is 11.1 Å². The van der Waals surface area contributed by atoms with Gasteiger partial charge in [0.2, 0.25) is 0 Å². The van der Waals surface area contributed by atoms with Crippen molar-refractivity contribution in [2.24, 2.45) is 22.6 Å². The molecule has 116 valence electrons. The van der Waals surface area contributed by atoms with Gasteiger partial charge < -0.3 is 15.8 Å². The normalized spacial score (nSPS) is 22.8. The predicted octanol–water partition coefficient (Wildman–Crippen LogP) is 2.68. The fraction of sp³-hybridized carbons (Fsp3) is 0.938. The van der Waals surface area contributed by atoms with Crippen LogP contribution in [-0.4, -0.2) is 31.8 Å². The van der Waals surface area contributed by atoms with Gasteiger partial charge >= 0.3 is 0 Å². The van der Waals surface area contributed by atoms with Crippen LogP contribution >= 0.6 is 0 Å². The molecule has 1 unspecified atom stereocenters. The molecule has 2 saturated carbocycles. The minimum Gasteiger partial charge on any atom is -0.378 e. The predicted molar refractivity (Wildman–Crippen MR) is 83.8 cm³/mol. The van der Waals surface area contributed by atoms with Crippen molar-refractivity contribution in [1.29, 1.82) is 0 Å². The van der Waals surface area contributed by atoms with Crippen LogP contribution in [0.15, 0.2) is 4.99 Å². The molecule has 4 nitrogen and oxygen atoms in total. The van der Waals surface area contributed by atoms with Crippen molar-refractivity contribution in [3.8, 4) is 0 Å². The van der Waals surface area contributed by atoms with E-state index in [9.17, 15) is 0 Å². The van der Waals surface area contributed by atoms with Crippen LogP contribution in [0.4, 0.5) is 0 Å². The molecule has 0 radical (unpaired) electrons. The van der Waals surface area contributed by atoms with Gasteiger partial charge in [0.05, 0.1) is 6.10 Å². The van der Waals surface area contributed by atoms with Crippen molar-refractivity contribution >= 4 is 5.96 Å². The Morgan fingerprint density at radius 1 is 1.25 bits per heavy atom. The first kappa shape index (κ1) is 15.6. The van der Waals surface area contributed by atoms with Gasteiger partial charge in [0, 0.05) is 19.7 Å². The van der Waals surface area contributed by atoms with E-state index < -0.39 is 0 Å². The molecule has 2 rings (SSSR count). The van der Waals surface area contributed by atoms with Gasteiger partial charge in [-0.1, -0.05) is 19.3 Å². The molecule has 2 aliphatic carbocycles.